The van der Waals surface area contributed by atoms with Crippen LogP contribution in [-0.4, -0.2) is 50.8 Å². The molecule has 0 bridgehead atoms. The molecule has 164 valence electrons. The minimum atomic E-state index is -0.326. The fourth-order valence-electron chi connectivity index (χ4n) is 4.05. The number of hydrogen-bond acceptors (Lipinski definition) is 6. The Morgan fingerprint density at radius 2 is 1.84 bits per heavy atom. The molecule has 4 aromatic rings. The van der Waals surface area contributed by atoms with Crippen molar-refractivity contribution in [3.05, 3.63) is 59.4 Å². The molecule has 3 heterocycles. The van der Waals surface area contributed by atoms with Gasteiger partial charge in [-0.3, -0.25) is 0 Å². The Labute approximate surface area is 190 Å². The van der Waals surface area contributed by atoms with Crippen molar-refractivity contribution in [1.82, 2.24) is 24.6 Å². The lowest BCUT2D eigenvalue weighted by atomic mass is 10.1. The molecule has 0 atom stereocenters. The van der Waals surface area contributed by atoms with Gasteiger partial charge < -0.3 is 16.0 Å². The van der Waals surface area contributed by atoms with E-state index in [0.29, 0.717) is 39.2 Å². The zero-order chi connectivity index (χ0) is 22.1. The van der Waals surface area contributed by atoms with Gasteiger partial charge in [0.25, 0.3) is 0 Å². The summed E-state index contributed by atoms with van der Waals surface area (Å²) >= 11 is 6.25. The van der Waals surface area contributed by atoms with Crippen LogP contribution < -0.4 is 11.1 Å². The molecule has 0 amide bonds. The molecule has 2 aromatic carbocycles. The second-order valence-electron chi connectivity index (χ2n) is 7.85. The summed E-state index contributed by atoms with van der Waals surface area (Å²) in [6.45, 7) is 3.93. The molecule has 0 unspecified atom stereocenters. The smallest absolute Gasteiger partial charge is 0.225 e. The van der Waals surface area contributed by atoms with Gasteiger partial charge in [0.2, 0.25) is 5.95 Å². The number of hydrogen-bond donors (Lipinski definition) is 2. The largest absolute Gasteiger partial charge is 0.383 e. The average Bonchev–Trinajstić information content (AvgIpc) is 3.42. The van der Waals surface area contributed by atoms with Crippen LogP contribution in [0.1, 0.15) is 12.8 Å². The fraction of sp³-hybridized carbons (Fsp3) is 0.261. The Bertz CT molecular complexity index is 1250. The molecule has 2 aromatic heterocycles. The van der Waals surface area contributed by atoms with Crippen molar-refractivity contribution in [3.63, 3.8) is 0 Å². The van der Waals surface area contributed by atoms with E-state index in [2.05, 4.69) is 20.3 Å². The number of aromatic nitrogens is 4. The average molecular weight is 452 g/mol. The SMILES string of the molecule is Nc1c2c(-c3cccc(Cl)c3)nc(NCCN3CCCC3)nc2nn1-c1ccc(F)cc1. The van der Waals surface area contributed by atoms with E-state index < -0.39 is 0 Å². The number of halogens is 2. The monoisotopic (exact) mass is 451 g/mol. The minimum Gasteiger partial charge on any atom is -0.383 e. The quantitative estimate of drug-likeness (QED) is 0.453. The standard InChI is InChI=1S/C23H23ClFN7/c24-16-5-3-4-15(14-16)20-19-21(26)32(18-8-6-17(25)7-9-18)30-22(19)29-23(28-20)27-10-13-31-11-1-2-12-31/h3-9,14H,1-2,10-13,26H2,(H,27,29,30). The maximum absolute atomic E-state index is 13.4. The van der Waals surface area contributed by atoms with Crippen molar-refractivity contribution in [2.24, 2.45) is 0 Å². The van der Waals surface area contributed by atoms with Crippen molar-refractivity contribution in [2.75, 3.05) is 37.2 Å². The van der Waals surface area contributed by atoms with Crippen molar-refractivity contribution in [2.45, 2.75) is 12.8 Å². The summed E-state index contributed by atoms with van der Waals surface area (Å²) in [6, 6.07) is 13.4. The molecule has 1 aliphatic rings. The lowest BCUT2D eigenvalue weighted by molar-refractivity contribution is 0.352. The van der Waals surface area contributed by atoms with Gasteiger partial charge in [-0.05, 0) is 62.3 Å². The Morgan fingerprint density at radius 1 is 1.06 bits per heavy atom. The van der Waals surface area contributed by atoms with Crippen LogP contribution in [0.4, 0.5) is 16.2 Å². The molecule has 0 radical (unpaired) electrons. The van der Waals surface area contributed by atoms with Crippen LogP contribution in [0.15, 0.2) is 48.5 Å². The first kappa shape index (κ1) is 20.7. The molecule has 1 aliphatic heterocycles. The summed E-state index contributed by atoms with van der Waals surface area (Å²) in [6.07, 6.45) is 2.50. The number of nitrogens with zero attached hydrogens (tertiary/aromatic N) is 5. The predicted octanol–water partition coefficient (Wildman–Crippen LogP) is 4.36. The maximum atomic E-state index is 13.4. The predicted molar refractivity (Wildman–Crippen MR) is 126 cm³/mol. The van der Waals surface area contributed by atoms with Crippen LogP contribution in [0.3, 0.4) is 0 Å². The fourth-order valence-corrected chi connectivity index (χ4v) is 4.24. The van der Waals surface area contributed by atoms with Crippen LogP contribution in [-0.2, 0) is 0 Å². The molecule has 0 aliphatic carbocycles. The Hall–Kier alpha value is -3.23. The molecule has 3 N–H and O–H groups in total. The number of benzene rings is 2. The van der Waals surface area contributed by atoms with Gasteiger partial charge in [0.05, 0.1) is 16.8 Å². The summed E-state index contributed by atoms with van der Waals surface area (Å²) in [5, 5.41) is 9.16. The summed E-state index contributed by atoms with van der Waals surface area (Å²) in [5.74, 6) is 0.536. The number of anilines is 2. The topological polar surface area (TPSA) is 84.9 Å². The van der Waals surface area contributed by atoms with Gasteiger partial charge in [0.15, 0.2) is 5.65 Å². The van der Waals surface area contributed by atoms with E-state index in [1.165, 1.54) is 25.0 Å². The second kappa shape index (κ2) is 8.72. The van der Waals surface area contributed by atoms with E-state index in [1.807, 2.05) is 24.3 Å². The molecular formula is C23H23ClFN7. The molecular weight excluding hydrogens is 429 g/mol. The van der Waals surface area contributed by atoms with Crippen molar-refractivity contribution < 1.29 is 4.39 Å². The van der Waals surface area contributed by atoms with E-state index in [-0.39, 0.29) is 5.82 Å². The molecule has 1 saturated heterocycles. The van der Waals surface area contributed by atoms with Gasteiger partial charge in [-0.25, -0.2) is 14.1 Å². The van der Waals surface area contributed by atoms with Gasteiger partial charge in [-0.15, -0.1) is 5.10 Å². The Morgan fingerprint density at radius 3 is 2.59 bits per heavy atom. The molecule has 5 rings (SSSR count). The number of likely N-dealkylation sites (tertiary alicyclic amines) is 1. The second-order valence-corrected chi connectivity index (χ2v) is 8.29. The van der Waals surface area contributed by atoms with E-state index >= 15 is 0 Å². The molecule has 0 spiro atoms. The summed E-state index contributed by atoms with van der Waals surface area (Å²) in [5.41, 5.74) is 9.05. The highest BCUT2D eigenvalue weighted by molar-refractivity contribution is 6.30. The van der Waals surface area contributed by atoms with Gasteiger partial charge in [0, 0.05) is 23.7 Å². The molecule has 0 saturated carbocycles. The highest BCUT2D eigenvalue weighted by Gasteiger charge is 2.20. The summed E-state index contributed by atoms with van der Waals surface area (Å²) < 4.78 is 15.0. The van der Waals surface area contributed by atoms with E-state index in [9.17, 15) is 4.39 Å². The summed E-state index contributed by atoms with van der Waals surface area (Å²) in [4.78, 5) is 11.8. The Balaban J connectivity index is 1.57. The van der Waals surface area contributed by atoms with Crippen molar-refractivity contribution >= 4 is 34.4 Å². The number of nitrogen functional groups attached to an aromatic ring is 1. The normalized spacial score (nSPS) is 14.3. The highest BCUT2D eigenvalue weighted by Crippen LogP contribution is 2.33. The van der Waals surface area contributed by atoms with Crippen molar-refractivity contribution in [3.8, 4) is 16.9 Å². The molecule has 7 nitrogen and oxygen atoms in total. The first-order valence-corrected chi connectivity index (χ1v) is 11.0. The van der Waals surface area contributed by atoms with Crippen LogP contribution in [0, 0.1) is 5.82 Å². The van der Waals surface area contributed by atoms with E-state index in [0.717, 1.165) is 31.7 Å². The number of nitrogens with one attached hydrogen (secondary N) is 1. The lowest BCUT2D eigenvalue weighted by Crippen LogP contribution is -2.26. The van der Waals surface area contributed by atoms with E-state index in [4.69, 9.17) is 22.3 Å². The van der Waals surface area contributed by atoms with Crippen LogP contribution >= 0.6 is 11.6 Å². The summed E-state index contributed by atoms with van der Waals surface area (Å²) in [7, 11) is 0. The highest BCUT2D eigenvalue weighted by atomic mass is 35.5. The third-order valence-electron chi connectivity index (χ3n) is 5.65. The van der Waals surface area contributed by atoms with Crippen LogP contribution in [0.2, 0.25) is 5.02 Å². The van der Waals surface area contributed by atoms with Gasteiger partial charge in [-0.1, -0.05) is 23.7 Å². The number of nitrogens with two attached hydrogens (primary N) is 1. The van der Waals surface area contributed by atoms with E-state index in [1.54, 1.807) is 16.8 Å². The minimum absolute atomic E-state index is 0.326. The third-order valence-corrected chi connectivity index (χ3v) is 5.88. The molecule has 9 heteroatoms. The molecule has 1 fully saturated rings. The lowest BCUT2D eigenvalue weighted by Gasteiger charge is -2.15. The zero-order valence-corrected chi connectivity index (χ0v) is 18.2. The van der Waals surface area contributed by atoms with Gasteiger partial charge >= 0.3 is 0 Å². The third kappa shape index (κ3) is 4.11. The first-order valence-electron chi connectivity index (χ1n) is 10.6. The molecule has 32 heavy (non-hydrogen) atoms. The maximum Gasteiger partial charge on any atom is 0.225 e. The van der Waals surface area contributed by atoms with Gasteiger partial charge in [0.1, 0.15) is 11.6 Å². The Kier molecular flexibility index (Phi) is 5.63. The number of fused-ring (bicyclic) bond motifs is 1. The van der Waals surface area contributed by atoms with Crippen molar-refractivity contribution in [1.29, 1.82) is 0 Å². The van der Waals surface area contributed by atoms with Crippen LogP contribution in [0.25, 0.3) is 28.0 Å². The first-order chi connectivity index (χ1) is 15.6. The van der Waals surface area contributed by atoms with Gasteiger partial charge in [-0.2, -0.15) is 4.98 Å². The zero-order valence-electron chi connectivity index (χ0n) is 17.4. The van der Waals surface area contributed by atoms with Crippen LogP contribution in [0.5, 0.6) is 0 Å². The number of rotatable bonds is 6.